The Labute approximate surface area is 92.4 Å². The van der Waals surface area contributed by atoms with Crippen molar-refractivity contribution in [3.8, 4) is 0 Å². The summed E-state index contributed by atoms with van der Waals surface area (Å²) in [7, 11) is 0. The average molecular weight is 184 g/mol. The van der Waals surface area contributed by atoms with Crippen molar-refractivity contribution in [1.29, 1.82) is 0 Å². The molecule has 0 heterocycles. The predicted molar refractivity (Wildman–Crippen MR) is 29.9 cm³/mol. The number of hydrogen-bond donors (Lipinski definition) is 0. The third kappa shape index (κ3) is 4.34. The molecule has 56 valence electrons. The van der Waals surface area contributed by atoms with E-state index in [4.69, 9.17) is 0 Å². The number of ketones is 1. The Bertz CT molecular complexity index is 154. The molecule has 11 heavy (non-hydrogen) atoms. The van der Waals surface area contributed by atoms with Gasteiger partial charge in [-0.25, -0.2) is 0 Å². The Morgan fingerprint density at radius 1 is 1.09 bits per heavy atom. The summed E-state index contributed by atoms with van der Waals surface area (Å²) in [6.07, 6.45) is 0. The van der Waals surface area contributed by atoms with Crippen LogP contribution in [0.15, 0.2) is 0 Å². The largest absolute Gasteiger partial charge is 2.00 e. The first-order chi connectivity index (χ1) is 4.46. The third-order valence-corrected chi connectivity index (χ3v) is 0.878. The van der Waals surface area contributed by atoms with Gasteiger partial charge >= 0.3 is 37.7 Å². The van der Waals surface area contributed by atoms with Crippen molar-refractivity contribution in [2.45, 2.75) is 6.92 Å². The van der Waals surface area contributed by atoms with E-state index in [0.29, 0.717) is 0 Å². The summed E-state index contributed by atoms with van der Waals surface area (Å²) in [4.78, 5) is 29.8. The minimum atomic E-state index is -2.14. The molecule has 0 saturated heterocycles. The van der Waals surface area contributed by atoms with E-state index in [1.54, 1.807) is 0 Å². The molecule has 0 aromatic heterocycles. The molecule has 0 aliphatic heterocycles. The molecular formula is C5H4CaO5. The number of hydrogen-bond acceptors (Lipinski definition) is 5. The number of carboxylic acid groups (broad SMARTS) is 2. The topological polar surface area (TPSA) is 97.3 Å². The maximum Gasteiger partial charge on any atom is 2.00 e. The molecule has 0 unspecified atom stereocenters. The van der Waals surface area contributed by atoms with Gasteiger partial charge in [-0.1, -0.05) is 0 Å². The van der Waals surface area contributed by atoms with Gasteiger partial charge in [0.25, 0.3) is 0 Å². The van der Waals surface area contributed by atoms with Crippen LogP contribution in [0.2, 0.25) is 0 Å². The molecule has 0 aromatic rings. The Morgan fingerprint density at radius 3 is 1.36 bits per heavy atom. The molecule has 0 aromatic carbocycles. The van der Waals surface area contributed by atoms with Crippen molar-refractivity contribution >= 4 is 55.5 Å². The van der Waals surface area contributed by atoms with E-state index >= 15 is 0 Å². The fraction of sp³-hybridized carbons (Fsp3) is 0.400. The van der Waals surface area contributed by atoms with Crippen LogP contribution in [0.4, 0.5) is 0 Å². The normalized spacial score (nSPS) is 8.55. The van der Waals surface area contributed by atoms with Crippen molar-refractivity contribution in [3.05, 3.63) is 0 Å². The molecule has 5 nitrogen and oxygen atoms in total. The molecule has 0 aliphatic rings. The zero-order chi connectivity index (χ0) is 8.31. The van der Waals surface area contributed by atoms with Crippen LogP contribution in [0.5, 0.6) is 0 Å². The van der Waals surface area contributed by atoms with Gasteiger partial charge in [0.05, 0.1) is 17.9 Å². The van der Waals surface area contributed by atoms with Gasteiger partial charge in [0, 0.05) is 0 Å². The molecule has 0 amide bonds. The standard InChI is InChI=1S/C5H6O5.Ca/c1-2(6)3(4(7)8)5(9)10;/h3H,1H3,(H,7,8)(H,9,10);/q;+2/p-2. The fourth-order valence-electron chi connectivity index (χ4n) is 0.428. The quantitative estimate of drug-likeness (QED) is 0.332. The van der Waals surface area contributed by atoms with Crippen LogP contribution in [0, 0.1) is 5.92 Å². The monoisotopic (exact) mass is 184 g/mol. The number of rotatable bonds is 3. The molecule has 0 N–H and O–H groups in total. The number of carbonyl (C=O) groups is 3. The molecule has 0 aliphatic carbocycles. The molecule has 0 fully saturated rings. The van der Waals surface area contributed by atoms with Crippen LogP contribution in [0.1, 0.15) is 6.92 Å². The molecule has 0 rings (SSSR count). The summed E-state index contributed by atoms with van der Waals surface area (Å²) < 4.78 is 0. The maximum atomic E-state index is 10.2. The van der Waals surface area contributed by atoms with Gasteiger partial charge in [-0.3, -0.25) is 4.79 Å². The number of carbonyl (C=O) groups excluding carboxylic acids is 3. The summed E-state index contributed by atoms with van der Waals surface area (Å²) in [6, 6.07) is 0. The Balaban J connectivity index is 0. The van der Waals surface area contributed by atoms with E-state index in [9.17, 15) is 24.6 Å². The first kappa shape index (κ1) is 13.5. The molecular weight excluding hydrogens is 180 g/mol. The van der Waals surface area contributed by atoms with Gasteiger partial charge in [0.1, 0.15) is 5.78 Å². The SMILES string of the molecule is CC(=O)C(C(=O)[O-])C(=O)[O-].[Ca+2]. The minimum absolute atomic E-state index is 0. The van der Waals surface area contributed by atoms with E-state index in [0.717, 1.165) is 6.92 Å². The Morgan fingerprint density at radius 2 is 1.36 bits per heavy atom. The fourth-order valence-corrected chi connectivity index (χ4v) is 0.428. The number of Topliss-reactive ketones (excluding diaryl/α,β-unsaturated/α-hetero) is 1. The molecule has 0 radical (unpaired) electrons. The van der Waals surface area contributed by atoms with Gasteiger partial charge in [0.15, 0.2) is 0 Å². The summed E-state index contributed by atoms with van der Waals surface area (Å²) in [5.41, 5.74) is 0. The van der Waals surface area contributed by atoms with Crippen LogP contribution in [-0.4, -0.2) is 55.5 Å². The second-order valence-electron chi connectivity index (χ2n) is 1.68. The van der Waals surface area contributed by atoms with E-state index in [-0.39, 0.29) is 37.7 Å². The van der Waals surface area contributed by atoms with Crippen LogP contribution < -0.4 is 10.2 Å². The molecule has 0 saturated carbocycles. The first-order valence-corrected chi connectivity index (χ1v) is 2.39. The van der Waals surface area contributed by atoms with Gasteiger partial charge in [0.2, 0.25) is 0 Å². The van der Waals surface area contributed by atoms with Gasteiger partial charge in [-0.05, 0) is 6.92 Å². The molecule has 6 heteroatoms. The molecule has 0 atom stereocenters. The Kier molecular flexibility index (Phi) is 6.74. The molecule has 0 bridgehead atoms. The van der Waals surface area contributed by atoms with Crippen molar-refractivity contribution in [2.75, 3.05) is 0 Å². The van der Waals surface area contributed by atoms with Crippen molar-refractivity contribution in [3.63, 3.8) is 0 Å². The summed E-state index contributed by atoms with van der Waals surface area (Å²) in [5, 5.41) is 19.7. The van der Waals surface area contributed by atoms with E-state index < -0.39 is 23.6 Å². The zero-order valence-electron chi connectivity index (χ0n) is 5.83. The van der Waals surface area contributed by atoms with Gasteiger partial charge < -0.3 is 19.8 Å². The van der Waals surface area contributed by atoms with Gasteiger partial charge in [-0.15, -0.1) is 0 Å². The summed E-state index contributed by atoms with van der Waals surface area (Å²) in [5.74, 6) is -7.01. The van der Waals surface area contributed by atoms with Crippen LogP contribution in [-0.2, 0) is 14.4 Å². The predicted octanol–water partition coefficient (Wildman–Crippen LogP) is -3.69. The second kappa shape index (κ2) is 5.51. The number of carboxylic acids is 2. The summed E-state index contributed by atoms with van der Waals surface area (Å²) >= 11 is 0. The maximum absolute atomic E-state index is 10.2. The summed E-state index contributed by atoms with van der Waals surface area (Å²) in [6.45, 7) is 0.844. The third-order valence-electron chi connectivity index (χ3n) is 0.878. The second-order valence-corrected chi connectivity index (χ2v) is 1.68. The molecule has 0 spiro atoms. The van der Waals surface area contributed by atoms with E-state index in [1.165, 1.54) is 0 Å². The average Bonchev–Trinajstić information content (AvgIpc) is 1.59. The van der Waals surface area contributed by atoms with Crippen LogP contribution in [0.25, 0.3) is 0 Å². The van der Waals surface area contributed by atoms with E-state index in [2.05, 4.69) is 0 Å². The van der Waals surface area contributed by atoms with Crippen molar-refractivity contribution < 1.29 is 24.6 Å². The van der Waals surface area contributed by atoms with Gasteiger partial charge in [-0.2, -0.15) is 0 Å². The van der Waals surface area contributed by atoms with Crippen LogP contribution in [0.3, 0.4) is 0 Å². The van der Waals surface area contributed by atoms with Crippen molar-refractivity contribution in [1.82, 2.24) is 0 Å². The number of aliphatic carboxylic acids is 2. The van der Waals surface area contributed by atoms with Crippen LogP contribution >= 0.6 is 0 Å². The van der Waals surface area contributed by atoms with Crippen molar-refractivity contribution in [2.24, 2.45) is 5.92 Å². The first-order valence-electron chi connectivity index (χ1n) is 2.39. The minimum Gasteiger partial charge on any atom is -0.549 e. The zero-order valence-corrected chi connectivity index (χ0v) is 8.03. The Hall–Kier alpha value is -0.130. The van der Waals surface area contributed by atoms with E-state index in [1.807, 2.05) is 0 Å². The smallest absolute Gasteiger partial charge is 0.549 e.